The van der Waals surface area contributed by atoms with E-state index in [1.54, 1.807) is 0 Å². The van der Waals surface area contributed by atoms with Gasteiger partial charge in [0.25, 0.3) is 0 Å². The van der Waals surface area contributed by atoms with E-state index >= 15 is 0 Å². The molecule has 0 spiro atoms. The lowest BCUT2D eigenvalue weighted by Gasteiger charge is -2.38. The molecule has 0 atom stereocenters. The minimum Gasteiger partial charge on any atom is -0.369 e. The standard InChI is InChI=1S/C13H20ClN3/c1-3-5-11-16-10(14)8-12(17-11)15-9-13(2)6-4-7-13/h8H,3-7,9H2,1-2H3,(H,15,16,17). The summed E-state index contributed by atoms with van der Waals surface area (Å²) in [7, 11) is 0. The van der Waals surface area contributed by atoms with Crippen LogP contribution in [0.15, 0.2) is 6.07 Å². The van der Waals surface area contributed by atoms with E-state index in [0.717, 1.165) is 31.0 Å². The minimum atomic E-state index is 0.447. The average molecular weight is 254 g/mol. The molecule has 4 heteroatoms. The van der Waals surface area contributed by atoms with Crippen molar-refractivity contribution in [3.63, 3.8) is 0 Å². The van der Waals surface area contributed by atoms with Gasteiger partial charge >= 0.3 is 0 Å². The van der Waals surface area contributed by atoms with Crippen molar-refractivity contribution in [2.45, 2.75) is 46.0 Å². The molecule has 0 aromatic carbocycles. The zero-order valence-electron chi connectivity index (χ0n) is 10.6. The van der Waals surface area contributed by atoms with Gasteiger partial charge < -0.3 is 5.32 Å². The van der Waals surface area contributed by atoms with Crippen molar-refractivity contribution >= 4 is 17.4 Å². The lowest BCUT2D eigenvalue weighted by molar-refractivity contribution is 0.180. The molecule has 1 fully saturated rings. The van der Waals surface area contributed by atoms with Crippen LogP contribution in [-0.4, -0.2) is 16.5 Å². The van der Waals surface area contributed by atoms with Crippen LogP contribution in [0.25, 0.3) is 0 Å². The fraction of sp³-hybridized carbons (Fsp3) is 0.692. The Kier molecular flexibility index (Phi) is 3.87. The van der Waals surface area contributed by atoms with Crippen molar-refractivity contribution in [1.82, 2.24) is 9.97 Å². The number of aromatic nitrogens is 2. The van der Waals surface area contributed by atoms with Gasteiger partial charge in [-0.2, -0.15) is 0 Å². The molecular weight excluding hydrogens is 234 g/mol. The van der Waals surface area contributed by atoms with E-state index < -0.39 is 0 Å². The summed E-state index contributed by atoms with van der Waals surface area (Å²) in [4.78, 5) is 8.69. The third-order valence-corrected chi connectivity index (χ3v) is 3.67. The van der Waals surface area contributed by atoms with Crippen LogP contribution in [-0.2, 0) is 6.42 Å². The Hall–Kier alpha value is -0.830. The lowest BCUT2D eigenvalue weighted by Crippen LogP contribution is -2.33. The van der Waals surface area contributed by atoms with Crippen LogP contribution < -0.4 is 5.32 Å². The van der Waals surface area contributed by atoms with Gasteiger partial charge in [0, 0.05) is 19.0 Å². The van der Waals surface area contributed by atoms with Crippen LogP contribution in [0.1, 0.15) is 45.4 Å². The zero-order valence-corrected chi connectivity index (χ0v) is 11.3. The summed E-state index contributed by atoms with van der Waals surface area (Å²) < 4.78 is 0. The van der Waals surface area contributed by atoms with Gasteiger partial charge in [-0.1, -0.05) is 31.9 Å². The SMILES string of the molecule is CCCc1nc(Cl)cc(NCC2(C)CCC2)n1. The molecule has 1 N–H and O–H groups in total. The molecule has 1 aromatic rings. The molecule has 17 heavy (non-hydrogen) atoms. The molecule has 0 amide bonds. The Bertz CT molecular complexity index is 388. The highest BCUT2D eigenvalue weighted by atomic mass is 35.5. The van der Waals surface area contributed by atoms with E-state index in [1.165, 1.54) is 19.3 Å². The number of nitrogens with one attached hydrogen (secondary N) is 1. The third kappa shape index (κ3) is 3.32. The van der Waals surface area contributed by atoms with E-state index in [1.807, 2.05) is 6.07 Å². The van der Waals surface area contributed by atoms with E-state index in [4.69, 9.17) is 11.6 Å². The van der Waals surface area contributed by atoms with Gasteiger partial charge in [-0.15, -0.1) is 0 Å². The Morgan fingerprint density at radius 2 is 2.18 bits per heavy atom. The second-order valence-corrected chi connectivity index (χ2v) is 5.65. The first-order chi connectivity index (χ1) is 8.11. The van der Waals surface area contributed by atoms with E-state index in [0.29, 0.717) is 10.6 Å². The van der Waals surface area contributed by atoms with Crippen molar-refractivity contribution < 1.29 is 0 Å². The predicted octanol–water partition coefficient (Wildman–Crippen LogP) is 3.68. The maximum atomic E-state index is 5.99. The highest BCUT2D eigenvalue weighted by molar-refractivity contribution is 6.29. The number of hydrogen-bond acceptors (Lipinski definition) is 3. The number of aryl methyl sites for hydroxylation is 1. The molecule has 1 aliphatic carbocycles. The largest absolute Gasteiger partial charge is 0.369 e. The second-order valence-electron chi connectivity index (χ2n) is 5.26. The fourth-order valence-corrected chi connectivity index (χ4v) is 2.35. The normalized spacial score (nSPS) is 17.6. The molecule has 0 unspecified atom stereocenters. The van der Waals surface area contributed by atoms with Crippen LogP contribution in [0, 0.1) is 5.41 Å². The molecule has 0 aliphatic heterocycles. The third-order valence-electron chi connectivity index (χ3n) is 3.47. The van der Waals surface area contributed by atoms with E-state index in [9.17, 15) is 0 Å². The van der Waals surface area contributed by atoms with Crippen LogP contribution in [0.5, 0.6) is 0 Å². The molecule has 3 nitrogen and oxygen atoms in total. The molecule has 0 saturated heterocycles. The Labute approximate surface area is 108 Å². The van der Waals surface area contributed by atoms with Gasteiger partial charge in [0.1, 0.15) is 16.8 Å². The zero-order chi connectivity index (χ0) is 12.3. The van der Waals surface area contributed by atoms with Crippen molar-refractivity contribution in [1.29, 1.82) is 0 Å². The summed E-state index contributed by atoms with van der Waals surface area (Å²) in [6.07, 6.45) is 5.88. The summed E-state index contributed by atoms with van der Waals surface area (Å²) >= 11 is 5.99. The smallest absolute Gasteiger partial charge is 0.134 e. The molecular formula is C13H20ClN3. The molecule has 0 radical (unpaired) electrons. The van der Waals surface area contributed by atoms with Gasteiger partial charge in [-0.3, -0.25) is 0 Å². The second kappa shape index (κ2) is 5.21. The number of halogens is 1. The first-order valence-corrected chi connectivity index (χ1v) is 6.76. The summed E-state index contributed by atoms with van der Waals surface area (Å²) in [5, 5.41) is 3.92. The number of hydrogen-bond donors (Lipinski definition) is 1. The lowest BCUT2D eigenvalue weighted by atomic mass is 9.70. The molecule has 1 heterocycles. The monoisotopic (exact) mass is 253 g/mol. The maximum Gasteiger partial charge on any atom is 0.134 e. The summed E-state index contributed by atoms with van der Waals surface area (Å²) in [6, 6.07) is 1.81. The highest BCUT2D eigenvalue weighted by Crippen LogP contribution is 2.40. The summed E-state index contributed by atoms with van der Waals surface area (Å²) in [6.45, 7) is 5.41. The molecule has 2 rings (SSSR count). The maximum absolute atomic E-state index is 5.99. The number of anilines is 1. The molecule has 0 bridgehead atoms. The molecule has 1 saturated carbocycles. The summed E-state index contributed by atoms with van der Waals surface area (Å²) in [5.74, 6) is 1.70. The molecule has 94 valence electrons. The van der Waals surface area contributed by atoms with Gasteiger partial charge in [0.2, 0.25) is 0 Å². The van der Waals surface area contributed by atoms with Crippen molar-refractivity contribution in [3.05, 3.63) is 17.0 Å². The van der Waals surface area contributed by atoms with Crippen molar-refractivity contribution in [2.24, 2.45) is 5.41 Å². The Morgan fingerprint density at radius 3 is 2.76 bits per heavy atom. The minimum absolute atomic E-state index is 0.447. The predicted molar refractivity (Wildman–Crippen MR) is 71.5 cm³/mol. The van der Waals surface area contributed by atoms with Gasteiger partial charge in [-0.05, 0) is 24.7 Å². The fourth-order valence-electron chi connectivity index (χ4n) is 2.15. The van der Waals surface area contributed by atoms with E-state index in [-0.39, 0.29) is 0 Å². The van der Waals surface area contributed by atoms with Gasteiger partial charge in [0.15, 0.2) is 0 Å². The summed E-state index contributed by atoms with van der Waals surface area (Å²) in [5.41, 5.74) is 0.447. The van der Waals surface area contributed by atoms with Crippen LogP contribution in [0.2, 0.25) is 5.15 Å². The van der Waals surface area contributed by atoms with Crippen molar-refractivity contribution in [3.8, 4) is 0 Å². The van der Waals surface area contributed by atoms with Crippen LogP contribution in [0.3, 0.4) is 0 Å². The van der Waals surface area contributed by atoms with Gasteiger partial charge in [0.05, 0.1) is 0 Å². The quantitative estimate of drug-likeness (QED) is 0.814. The van der Waals surface area contributed by atoms with Gasteiger partial charge in [-0.25, -0.2) is 9.97 Å². The number of rotatable bonds is 5. The Morgan fingerprint density at radius 1 is 1.41 bits per heavy atom. The number of nitrogens with zero attached hydrogens (tertiary/aromatic N) is 2. The van der Waals surface area contributed by atoms with Crippen LogP contribution >= 0.6 is 11.6 Å². The molecule has 1 aliphatic rings. The average Bonchev–Trinajstić information content (AvgIpc) is 2.23. The first kappa shape index (κ1) is 12.6. The molecule has 1 aromatic heterocycles. The Balaban J connectivity index is 1.99. The highest BCUT2D eigenvalue weighted by Gasteiger charge is 2.31. The van der Waals surface area contributed by atoms with Crippen molar-refractivity contribution in [2.75, 3.05) is 11.9 Å². The van der Waals surface area contributed by atoms with Crippen LogP contribution in [0.4, 0.5) is 5.82 Å². The van der Waals surface area contributed by atoms with E-state index in [2.05, 4.69) is 29.1 Å². The topological polar surface area (TPSA) is 37.8 Å². The first-order valence-electron chi connectivity index (χ1n) is 6.39.